The van der Waals surface area contributed by atoms with Crippen LogP contribution < -0.4 is 10.3 Å². The van der Waals surface area contributed by atoms with Crippen LogP contribution in [0, 0.1) is 0 Å². The molecule has 0 amide bonds. The summed E-state index contributed by atoms with van der Waals surface area (Å²) in [6.07, 6.45) is 0. The molecule has 0 atom stereocenters. The normalized spacial score (nSPS) is 11.0. The summed E-state index contributed by atoms with van der Waals surface area (Å²) in [6.45, 7) is 0.260. The van der Waals surface area contributed by atoms with Gasteiger partial charge in [-0.05, 0) is 46.7 Å². The molecule has 4 aromatic carbocycles. The van der Waals surface area contributed by atoms with Crippen molar-refractivity contribution in [2.24, 2.45) is 0 Å². The van der Waals surface area contributed by atoms with Gasteiger partial charge in [0.2, 0.25) is 0 Å². The van der Waals surface area contributed by atoms with Gasteiger partial charge in [0.05, 0.1) is 11.9 Å². The largest absolute Gasteiger partial charge is 0.422 e. The van der Waals surface area contributed by atoms with Gasteiger partial charge < -0.3 is 4.74 Å². The first kappa shape index (κ1) is 20.2. The van der Waals surface area contributed by atoms with Gasteiger partial charge >= 0.3 is 5.97 Å². The quantitative estimate of drug-likeness (QED) is 0.246. The minimum atomic E-state index is -0.612. The molecule has 156 valence electrons. The van der Waals surface area contributed by atoms with Gasteiger partial charge in [0.25, 0.3) is 5.56 Å². The molecule has 0 unspecified atom stereocenters. The highest BCUT2D eigenvalue weighted by Crippen LogP contribution is 2.25. The fourth-order valence-electron chi connectivity index (χ4n) is 3.66. The Labute approximate surface area is 192 Å². The molecule has 5 nitrogen and oxygen atoms in total. The maximum absolute atomic E-state index is 13.1. The van der Waals surface area contributed by atoms with Crippen molar-refractivity contribution in [2.45, 2.75) is 6.54 Å². The molecule has 1 heterocycles. The average molecular weight is 485 g/mol. The molecule has 0 saturated heterocycles. The first-order chi connectivity index (χ1) is 15.6. The van der Waals surface area contributed by atoms with Gasteiger partial charge in [0.15, 0.2) is 5.69 Å². The van der Waals surface area contributed by atoms with Crippen molar-refractivity contribution >= 4 is 43.4 Å². The third-order valence-electron chi connectivity index (χ3n) is 5.22. The smallest absolute Gasteiger partial charge is 0.364 e. The number of carbonyl (C=O) groups is 1. The van der Waals surface area contributed by atoms with E-state index in [1.54, 1.807) is 30.3 Å². The van der Waals surface area contributed by atoms with Crippen molar-refractivity contribution < 1.29 is 9.53 Å². The van der Waals surface area contributed by atoms with E-state index in [2.05, 4.69) is 21.0 Å². The molecule has 32 heavy (non-hydrogen) atoms. The third kappa shape index (κ3) is 3.92. The van der Waals surface area contributed by atoms with Crippen molar-refractivity contribution in [2.75, 3.05) is 0 Å². The first-order valence-electron chi connectivity index (χ1n) is 10.0. The van der Waals surface area contributed by atoms with Gasteiger partial charge in [-0.25, -0.2) is 9.48 Å². The molecule has 0 spiro atoms. The molecule has 0 aliphatic carbocycles. The summed E-state index contributed by atoms with van der Waals surface area (Å²) in [5, 5.41) is 7.26. The zero-order valence-electron chi connectivity index (χ0n) is 16.9. The molecule has 1 aromatic heterocycles. The van der Waals surface area contributed by atoms with Crippen LogP contribution in [-0.2, 0) is 6.54 Å². The second-order valence-corrected chi connectivity index (χ2v) is 8.30. The number of ether oxygens (including phenoxy) is 1. The molecule has 0 saturated carbocycles. The number of hydrogen-bond donors (Lipinski definition) is 0. The minimum absolute atomic E-state index is 0.104. The van der Waals surface area contributed by atoms with Crippen molar-refractivity contribution in [1.29, 1.82) is 0 Å². The van der Waals surface area contributed by atoms with E-state index >= 15 is 0 Å². The monoisotopic (exact) mass is 484 g/mol. The molecule has 5 rings (SSSR count). The predicted octanol–water partition coefficient (Wildman–Crippen LogP) is 5.58. The Balaban J connectivity index is 1.55. The van der Waals surface area contributed by atoms with Crippen LogP contribution in [-0.4, -0.2) is 15.7 Å². The Hall–Kier alpha value is -3.77. The summed E-state index contributed by atoms with van der Waals surface area (Å²) in [5.41, 5.74) is 0.765. The fourth-order valence-corrected chi connectivity index (χ4v) is 4.04. The number of hydrogen-bond acceptors (Lipinski definition) is 4. The van der Waals surface area contributed by atoms with E-state index in [0.717, 1.165) is 20.8 Å². The van der Waals surface area contributed by atoms with Crippen LogP contribution in [0.15, 0.2) is 100 Å². The zero-order valence-corrected chi connectivity index (χ0v) is 18.5. The Morgan fingerprint density at radius 1 is 0.844 bits per heavy atom. The fraction of sp³-hybridized carbons (Fsp3) is 0.0385. The van der Waals surface area contributed by atoms with Gasteiger partial charge in [0.1, 0.15) is 5.75 Å². The molecule has 0 bridgehead atoms. The molecule has 5 aromatic rings. The topological polar surface area (TPSA) is 61.2 Å². The Morgan fingerprint density at radius 2 is 1.53 bits per heavy atom. The lowest BCUT2D eigenvalue weighted by atomic mass is 10.1. The lowest BCUT2D eigenvalue weighted by Gasteiger charge is -2.11. The van der Waals surface area contributed by atoms with Crippen LogP contribution in [0.1, 0.15) is 16.1 Å². The molecule has 0 aliphatic heterocycles. The molecule has 6 heteroatoms. The van der Waals surface area contributed by atoms with Crippen LogP contribution in [0.5, 0.6) is 5.75 Å². The van der Waals surface area contributed by atoms with E-state index in [-0.39, 0.29) is 17.8 Å². The highest BCUT2D eigenvalue weighted by Gasteiger charge is 2.19. The SMILES string of the molecule is O=C(Oc1ccc2cc(Br)ccc2c1)c1nn(Cc2ccccc2)c(=O)c2ccccc12. The minimum Gasteiger partial charge on any atom is -0.422 e. The van der Waals surface area contributed by atoms with Crippen LogP contribution in [0.3, 0.4) is 0 Å². The van der Waals surface area contributed by atoms with Crippen molar-refractivity contribution in [3.05, 3.63) is 117 Å². The standard InChI is InChI=1S/C26H17BrN2O3/c27-20-12-10-19-15-21(13-11-18(19)14-20)32-26(31)24-22-8-4-5-9-23(22)25(30)29(28-24)16-17-6-2-1-3-7-17/h1-15H,16H2. The predicted molar refractivity (Wildman–Crippen MR) is 128 cm³/mol. The van der Waals surface area contributed by atoms with Crippen LogP contribution in [0.2, 0.25) is 0 Å². The highest BCUT2D eigenvalue weighted by atomic mass is 79.9. The maximum atomic E-state index is 13.1. The Kier molecular flexibility index (Phi) is 5.29. The van der Waals surface area contributed by atoms with Crippen molar-refractivity contribution in [3.63, 3.8) is 0 Å². The second-order valence-electron chi connectivity index (χ2n) is 7.39. The van der Waals surface area contributed by atoms with Gasteiger partial charge in [-0.1, -0.05) is 76.6 Å². The lowest BCUT2D eigenvalue weighted by molar-refractivity contribution is 0.0728. The Morgan fingerprint density at radius 3 is 2.34 bits per heavy atom. The summed E-state index contributed by atoms with van der Waals surface area (Å²) in [4.78, 5) is 26.1. The number of rotatable bonds is 4. The van der Waals surface area contributed by atoms with E-state index in [1.165, 1.54) is 4.68 Å². The zero-order chi connectivity index (χ0) is 22.1. The van der Waals surface area contributed by atoms with Crippen molar-refractivity contribution in [1.82, 2.24) is 9.78 Å². The summed E-state index contributed by atoms with van der Waals surface area (Å²) < 4.78 is 7.95. The number of carbonyl (C=O) groups excluding carboxylic acids is 1. The van der Waals surface area contributed by atoms with E-state index < -0.39 is 5.97 Å². The van der Waals surface area contributed by atoms with E-state index in [4.69, 9.17) is 4.74 Å². The number of halogens is 1. The van der Waals surface area contributed by atoms with Crippen LogP contribution >= 0.6 is 15.9 Å². The number of esters is 1. The average Bonchev–Trinajstić information content (AvgIpc) is 2.81. The highest BCUT2D eigenvalue weighted by molar-refractivity contribution is 9.10. The van der Waals surface area contributed by atoms with Gasteiger partial charge in [0, 0.05) is 9.86 Å². The van der Waals surface area contributed by atoms with Crippen LogP contribution in [0.25, 0.3) is 21.5 Å². The number of nitrogens with zero attached hydrogens (tertiary/aromatic N) is 2. The van der Waals surface area contributed by atoms with Crippen LogP contribution in [0.4, 0.5) is 0 Å². The maximum Gasteiger partial charge on any atom is 0.364 e. The molecular weight excluding hydrogens is 468 g/mol. The molecule has 0 fully saturated rings. The first-order valence-corrected chi connectivity index (χ1v) is 10.8. The Bertz CT molecular complexity index is 1530. The van der Waals surface area contributed by atoms with E-state index in [0.29, 0.717) is 16.5 Å². The summed E-state index contributed by atoms with van der Waals surface area (Å²) in [6, 6.07) is 27.8. The van der Waals surface area contributed by atoms with E-state index in [9.17, 15) is 9.59 Å². The number of benzene rings is 4. The summed E-state index contributed by atoms with van der Waals surface area (Å²) in [5.74, 6) is -0.198. The lowest BCUT2D eigenvalue weighted by Crippen LogP contribution is -2.27. The van der Waals surface area contributed by atoms with Crippen molar-refractivity contribution in [3.8, 4) is 5.75 Å². The third-order valence-corrected chi connectivity index (χ3v) is 5.71. The van der Waals surface area contributed by atoms with Gasteiger partial charge in [-0.2, -0.15) is 5.10 Å². The summed E-state index contributed by atoms with van der Waals surface area (Å²) in [7, 11) is 0. The van der Waals surface area contributed by atoms with E-state index in [1.807, 2.05) is 60.7 Å². The molecule has 0 aliphatic rings. The second kappa shape index (κ2) is 8.40. The number of fused-ring (bicyclic) bond motifs is 2. The van der Waals surface area contributed by atoms with Gasteiger partial charge in [-0.3, -0.25) is 4.79 Å². The number of aromatic nitrogens is 2. The molecular formula is C26H17BrN2O3. The summed E-state index contributed by atoms with van der Waals surface area (Å²) >= 11 is 3.46. The molecule has 0 N–H and O–H groups in total. The van der Waals surface area contributed by atoms with Gasteiger partial charge in [-0.15, -0.1) is 0 Å². The molecule has 0 radical (unpaired) electrons.